The average molecular weight is 620 g/mol. The van der Waals surface area contributed by atoms with Gasteiger partial charge in [-0.15, -0.1) is 0 Å². The van der Waals surface area contributed by atoms with Gasteiger partial charge in [-0.1, -0.05) is 35.6 Å². The number of alkyl carbamates (subject to hydrolysis) is 1. The molecule has 0 unspecified atom stereocenters. The Bertz CT molecular complexity index is 1410. The van der Waals surface area contributed by atoms with Crippen LogP contribution < -0.4 is 19.7 Å². The number of methoxy groups -OCH3 is 3. The summed E-state index contributed by atoms with van der Waals surface area (Å²) in [4.78, 5) is 33.2. The second-order valence-electron chi connectivity index (χ2n) is 12.2. The Morgan fingerprint density at radius 3 is 2.34 bits per heavy atom. The van der Waals surface area contributed by atoms with E-state index in [1.54, 1.807) is 14.2 Å². The zero-order valence-corrected chi connectivity index (χ0v) is 27.2. The van der Waals surface area contributed by atoms with E-state index >= 15 is 0 Å². The van der Waals surface area contributed by atoms with Crippen molar-refractivity contribution in [2.45, 2.75) is 64.2 Å². The highest BCUT2D eigenvalue weighted by Gasteiger charge is 2.33. The summed E-state index contributed by atoms with van der Waals surface area (Å²) in [5, 5.41) is 3.45. The number of thiazole rings is 1. The van der Waals surface area contributed by atoms with Crippen LogP contribution in [0.3, 0.4) is 0 Å². The first-order chi connectivity index (χ1) is 21.4. The van der Waals surface area contributed by atoms with Crippen molar-refractivity contribution in [1.29, 1.82) is 0 Å². The molecule has 0 bridgehead atoms. The molecule has 5 rings (SSSR count). The third-order valence-corrected chi connectivity index (χ3v) is 10.5. The Labute approximate surface area is 265 Å². The fourth-order valence-electron chi connectivity index (χ4n) is 6.86. The number of carbonyl (C=O) groups excluding carboxylic acids is 2. The standard InChI is InChI=1S/C35H45N3O5S/c1-23-18-28(16-17-31(23)41-2)26-12-10-25(11-13-26)22-38(30-7-5-6-29(19-30)32-21-37-35(43-4)44-32)33(39)27-14-8-24(9-15-27)20-36-34(40)42-3/h5-7,16-19,21,24-27H,8-15,20,22H2,1-4H3,(H,36,40)/t24-,25-,26-,27-. The number of amides is 2. The molecule has 2 aliphatic carbocycles. The highest BCUT2D eigenvalue weighted by molar-refractivity contribution is 7.16. The number of hydrogen-bond donors (Lipinski definition) is 1. The zero-order chi connectivity index (χ0) is 31.1. The summed E-state index contributed by atoms with van der Waals surface area (Å²) in [6.45, 7) is 3.43. The fourth-order valence-corrected chi connectivity index (χ4v) is 7.59. The van der Waals surface area contributed by atoms with E-state index in [0.717, 1.165) is 79.8 Å². The van der Waals surface area contributed by atoms with Crippen LogP contribution in [0.1, 0.15) is 68.4 Å². The summed E-state index contributed by atoms with van der Waals surface area (Å²) >= 11 is 1.50. The van der Waals surface area contributed by atoms with Crippen molar-refractivity contribution in [1.82, 2.24) is 10.3 Å². The van der Waals surface area contributed by atoms with Crippen molar-refractivity contribution in [2.75, 3.05) is 39.3 Å². The lowest BCUT2D eigenvalue weighted by atomic mass is 9.77. The van der Waals surface area contributed by atoms with Crippen LogP contribution >= 0.6 is 11.3 Å². The number of aromatic nitrogens is 1. The predicted octanol–water partition coefficient (Wildman–Crippen LogP) is 7.61. The van der Waals surface area contributed by atoms with Gasteiger partial charge >= 0.3 is 6.09 Å². The molecule has 0 atom stereocenters. The van der Waals surface area contributed by atoms with E-state index < -0.39 is 6.09 Å². The Balaban J connectivity index is 1.29. The molecule has 0 radical (unpaired) electrons. The van der Waals surface area contributed by atoms with Gasteiger partial charge in [0.15, 0.2) is 0 Å². The Hall–Kier alpha value is -3.59. The third kappa shape index (κ3) is 7.73. The van der Waals surface area contributed by atoms with Crippen LogP contribution in [-0.2, 0) is 9.53 Å². The number of aryl methyl sites for hydroxylation is 1. The van der Waals surface area contributed by atoms with Crippen molar-refractivity contribution in [3.05, 3.63) is 59.8 Å². The molecule has 0 spiro atoms. The van der Waals surface area contributed by atoms with Gasteiger partial charge in [-0.05, 0) is 111 Å². The molecule has 236 valence electrons. The zero-order valence-electron chi connectivity index (χ0n) is 26.3. The van der Waals surface area contributed by atoms with Crippen molar-refractivity contribution in [3.63, 3.8) is 0 Å². The van der Waals surface area contributed by atoms with E-state index in [-0.39, 0.29) is 11.8 Å². The summed E-state index contributed by atoms with van der Waals surface area (Å²) in [5.41, 5.74) is 4.55. The third-order valence-electron chi connectivity index (χ3n) is 9.46. The SMILES string of the molecule is COC(=O)NC[C@H]1CC[C@H](C(=O)N(C[C@H]2CC[C@H](c3ccc(OC)c(C)c3)CC2)c2cccc(-c3cnc(OC)s3)c2)CC1. The monoisotopic (exact) mass is 619 g/mol. The molecule has 2 fully saturated rings. The van der Waals surface area contributed by atoms with Crippen LogP contribution in [0.2, 0.25) is 0 Å². The molecule has 8 nitrogen and oxygen atoms in total. The molecule has 1 aromatic heterocycles. The molecule has 1 heterocycles. The summed E-state index contributed by atoms with van der Waals surface area (Å²) in [6.07, 6.45) is 9.37. The van der Waals surface area contributed by atoms with Gasteiger partial charge in [0.25, 0.3) is 5.19 Å². The summed E-state index contributed by atoms with van der Waals surface area (Å²) in [7, 11) is 4.73. The largest absolute Gasteiger partial charge is 0.496 e. The van der Waals surface area contributed by atoms with Crippen LogP contribution in [-0.4, -0.2) is 51.4 Å². The summed E-state index contributed by atoms with van der Waals surface area (Å²) < 4.78 is 15.5. The molecule has 0 saturated heterocycles. The van der Waals surface area contributed by atoms with Gasteiger partial charge in [-0.3, -0.25) is 4.79 Å². The molecule has 2 aromatic carbocycles. The number of benzene rings is 2. The highest BCUT2D eigenvalue weighted by Crippen LogP contribution is 2.40. The molecular formula is C35H45N3O5S. The molecule has 2 amide bonds. The van der Waals surface area contributed by atoms with Gasteiger partial charge < -0.3 is 24.4 Å². The minimum Gasteiger partial charge on any atom is -0.496 e. The molecule has 3 aromatic rings. The minimum atomic E-state index is -0.398. The molecule has 2 saturated carbocycles. The number of carbonyl (C=O) groups is 2. The average Bonchev–Trinajstić information content (AvgIpc) is 3.56. The normalized spacial score (nSPS) is 21.7. The van der Waals surface area contributed by atoms with Gasteiger partial charge in [-0.25, -0.2) is 9.78 Å². The van der Waals surface area contributed by atoms with E-state index in [4.69, 9.17) is 14.2 Å². The van der Waals surface area contributed by atoms with E-state index in [9.17, 15) is 9.59 Å². The molecule has 1 N–H and O–H groups in total. The highest BCUT2D eigenvalue weighted by atomic mass is 32.1. The molecular weight excluding hydrogens is 574 g/mol. The Morgan fingerprint density at radius 1 is 0.932 bits per heavy atom. The summed E-state index contributed by atoms with van der Waals surface area (Å²) in [6, 6.07) is 14.9. The van der Waals surface area contributed by atoms with E-state index in [0.29, 0.717) is 29.5 Å². The maximum Gasteiger partial charge on any atom is 0.406 e. The first-order valence-electron chi connectivity index (χ1n) is 15.8. The number of hydrogen-bond acceptors (Lipinski definition) is 7. The van der Waals surface area contributed by atoms with Crippen LogP contribution in [0, 0.1) is 24.7 Å². The lowest BCUT2D eigenvalue weighted by Gasteiger charge is -2.36. The molecule has 9 heteroatoms. The molecule has 0 aliphatic heterocycles. The quantitative estimate of drug-likeness (QED) is 0.251. The number of nitrogens with one attached hydrogen (secondary N) is 1. The van der Waals surface area contributed by atoms with Crippen molar-refractivity contribution in [2.24, 2.45) is 17.8 Å². The van der Waals surface area contributed by atoms with Crippen LogP contribution in [0.15, 0.2) is 48.7 Å². The maximum absolute atomic E-state index is 14.3. The Kier molecular flexibility index (Phi) is 10.8. The van der Waals surface area contributed by atoms with E-state index in [1.807, 2.05) is 12.3 Å². The minimum absolute atomic E-state index is 0.0184. The number of anilines is 1. The smallest absolute Gasteiger partial charge is 0.406 e. The maximum atomic E-state index is 14.3. The van der Waals surface area contributed by atoms with Gasteiger partial charge in [0.1, 0.15) is 5.75 Å². The molecule has 2 aliphatic rings. The molecule has 44 heavy (non-hydrogen) atoms. The van der Waals surface area contributed by atoms with Gasteiger partial charge in [0.05, 0.1) is 26.2 Å². The lowest BCUT2D eigenvalue weighted by Crippen LogP contribution is -2.42. The van der Waals surface area contributed by atoms with Gasteiger partial charge in [-0.2, -0.15) is 0 Å². The summed E-state index contributed by atoms with van der Waals surface area (Å²) in [5.74, 6) is 2.49. The first kappa shape index (κ1) is 31.8. The first-order valence-corrected chi connectivity index (χ1v) is 16.6. The van der Waals surface area contributed by atoms with Crippen LogP contribution in [0.4, 0.5) is 10.5 Å². The van der Waals surface area contributed by atoms with Gasteiger partial charge in [0.2, 0.25) is 5.91 Å². The Morgan fingerprint density at radius 2 is 1.68 bits per heavy atom. The number of rotatable bonds is 10. The number of nitrogens with zero attached hydrogens (tertiary/aromatic N) is 2. The van der Waals surface area contributed by atoms with Crippen molar-refractivity contribution >= 4 is 29.0 Å². The van der Waals surface area contributed by atoms with Crippen molar-refractivity contribution in [3.8, 4) is 21.4 Å². The van der Waals surface area contributed by atoms with Crippen LogP contribution in [0.25, 0.3) is 10.4 Å². The van der Waals surface area contributed by atoms with E-state index in [2.05, 4.69) is 58.5 Å². The van der Waals surface area contributed by atoms with E-state index in [1.165, 1.54) is 29.6 Å². The topological polar surface area (TPSA) is 90.0 Å². The van der Waals surface area contributed by atoms with Gasteiger partial charge in [0, 0.05) is 30.9 Å². The second-order valence-corrected chi connectivity index (χ2v) is 13.2. The number of ether oxygens (including phenoxy) is 3. The lowest BCUT2D eigenvalue weighted by molar-refractivity contribution is -0.123. The van der Waals surface area contributed by atoms with Crippen LogP contribution in [0.5, 0.6) is 10.9 Å². The second kappa shape index (κ2) is 14.9. The predicted molar refractivity (Wildman–Crippen MR) is 175 cm³/mol. The fraction of sp³-hybridized carbons (Fsp3) is 0.514. The van der Waals surface area contributed by atoms with Crippen molar-refractivity contribution < 1.29 is 23.8 Å².